The minimum Gasteiger partial charge on any atom is -0.461 e. The molecule has 0 aliphatic rings. The lowest BCUT2D eigenvalue weighted by atomic mass is 10.1. The van der Waals surface area contributed by atoms with Gasteiger partial charge in [0.25, 0.3) is 5.91 Å². The maximum atomic E-state index is 12.9. The van der Waals surface area contributed by atoms with Gasteiger partial charge in [0, 0.05) is 11.6 Å². The summed E-state index contributed by atoms with van der Waals surface area (Å²) in [5, 5.41) is 8.15. The Morgan fingerprint density at radius 2 is 1.82 bits per heavy atom. The van der Waals surface area contributed by atoms with Gasteiger partial charge >= 0.3 is 0 Å². The summed E-state index contributed by atoms with van der Waals surface area (Å²) in [5.74, 6) is 0.977. The third-order valence-corrected chi connectivity index (χ3v) is 4.55. The van der Waals surface area contributed by atoms with Crippen LogP contribution in [0.25, 0.3) is 11.6 Å². The van der Waals surface area contributed by atoms with Gasteiger partial charge < -0.3 is 9.73 Å². The van der Waals surface area contributed by atoms with E-state index in [2.05, 4.69) is 15.4 Å². The molecule has 0 atom stereocenters. The molecule has 2 aromatic heterocycles. The van der Waals surface area contributed by atoms with Crippen molar-refractivity contribution >= 4 is 23.5 Å². The molecule has 28 heavy (non-hydrogen) atoms. The number of nitrogens with zero attached hydrogens (tertiary/aromatic N) is 3. The molecule has 4 aromatic rings. The molecule has 0 saturated carbocycles. The first-order valence-corrected chi connectivity index (χ1v) is 9.14. The molecule has 4 rings (SSSR count). The summed E-state index contributed by atoms with van der Waals surface area (Å²) in [7, 11) is 0. The highest BCUT2D eigenvalue weighted by Gasteiger charge is 2.19. The monoisotopic (exact) mass is 392 g/mol. The van der Waals surface area contributed by atoms with Crippen LogP contribution >= 0.6 is 11.6 Å². The van der Waals surface area contributed by atoms with E-state index >= 15 is 0 Å². The molecule has 0 aliphatic carbocycles. The first kappa shape index (κ1) is 18.0. The van der Waals surface area contributed by atoms with Crippen LogP contribution in [0.15, 0.2) is 77.4 Å². The molecule has 0 fully saturated rings. The zero-order chi connectivity index (χ0) is 19.3. The van der Waals surface area contributed by atoms with Crippen LogP contribution in [0, 0.1) is 0 Å². The standard InChI is InChI=1S/C21H17ClN4O2/c22-17-10-5-4-9-16(17)14-23-21-24-20(18-11-6-12-28-18)25-26(21)19(27)13-15-7-2-1-3-8-15/h1-12H,13-14H2,(H,23,24,25). The summed E-state index contributed by atoms with van der Waals surface area (Å²) in [5.41, 5.74) is 1.80. The number of hydrogen-bond donors (Lipinski definition) is 1. The molecule has 0 aliphatic heterocycles. The number of benzene rings is 2. The van der Waals surface area contributed by atoms with Gasteiger partial charge in [0.2, 0.25) is 11.8 Å². The van der Waals surface area contributed by atoms with E-state index in [0.717, 1.165) is 11.1 Å². The van der Waals surface area contributed by atoms with E-state index in [4.69, 9.17) is 16.0 Å². The summed E-state index contributed by atoms with van der Waals surface area (Å²) in [4.78, 5) is 17.3. The quantitative estimate of drug-likeness (QED) is 0.515. The number of aromatic nitrogens is 3. The smallest absolute Gasteiger partial charge is 0.254 e. The summed E-state index contributed by atoms with van der Waals surface area (Å²) >= 11 is 6.22. The number of anilines is 1. The normalized spacial score (nSPS) is 10.8. The molecule has 140 valence electrons. The van der Waals surface area contributed by atoms with E-state index < -0.39 is 0 Å². The number of nitrogens with one attached hydrogen (secondary N) is 1. The maximum Gasteiger partial charge on any atom is 0.254 e. The SMILES string of the molecule is O=C(Cc1ccccc1)n1nc(-c2ccco2)nc1NCc1ccccc1Cl. The van der Waals surface area contributed by atoms with Crippen LogP contribution < -0.4 is 5.32 Å². The minimum atomic E-state index is -0.196. The first-order chi connectivity index (χ1) is 13.7. The zero-order valence-corrected chi connectivity index (χ0v) is 15.6. The largest absolute Gasteiger partial charge is 0.461 e. The van der Waals surface area contributed by atoms with Crippen LogP contribution in [0.3, 0.4) is 0 Å². The second-order valence-corrected chi connectivity index (χ2v) is 6.56. The van der Waals surface area contributed by atoms with Crippen LogP contribution in [0.2, 0.25) is 5.02 Å². The van der Waals surface area contributed by atoms with E-state index in [1.54, 1.807) is 18.4 Å². The van der Waals surface area contributed by atoms with E-state index in [1.165, 1.54) is 4.68 Å². The molecule has 6 nitrogen and oxygen atoms in total. The van der Waals surface area contributed by atoms with Gasteiger partial charge in [-0.05, 0) is 29.3 Å². The number of carbonyl (C=O) groups excluding carboxylic acids is 1. The number of rotatable bonds is 6. The molecule has 0 amide bonds. The topological polar surface area (TPSA) is 73.0 Å². The number of halogens is 1. The van der Waals surface area contributed by atoms with Crippen molar-refractivity contribution in [1.29, 1.82) is 0 Å². The van der Waals surface area contributed by atoms with Crippen molar-refractivity contribution in [2.24, 2.45) is 0 Å². The number of furan rings is 1. The molecule has 2 aromatic carbocycles. The van der Waals surface area contributed by atoms with Gasteiger partial charge in [-0.2, -0.15) is 9.67 Å². The van der Waals surface area contributed by atoms with Crippen molar-refractivity contribution < 1.29 is 9.21 Å². The fraction of sp³-hybridized carbons (Fsp3) is 0.0952. The summed E-state index contributed by atoms with van der Waals surface area (Å²) in [6.07, 6.45) is 1.75. The van der Waals surface area contributed by atoms with E-state index in [0.29, 0.717) is 29.1 Å². The lowest BCUT2D eigenvalue weighted by molar-refractivity contribution is 0.0901. The average Bonchev–Trinajstić information content (AvgIpc) is 3.38. The molecule has 0 bridgehead atoms. The molecule has 1 N–H and O–H groups in total. The number of hydrogen-bond acceptors (Lipinski definition) is 5. The Labute approximate surface area is 166 Å². The molecule has 0 unspecified atom stereocenters. The van der Waals surface area contributed by atoms with Crippen molar-refractivity contribution in [2.45, 2.75) is 13.0 Å². The molecule has 2 heterocycles. The third-order valence-electron chi connectivity index (χ3n) is 4.18. The van der Waals surface area contributed by atoms with Crippen LogP contribution in [-0.2, 0) is 13.0 Å². The lowest BCUT2D eigenvalue weighted by Gasteiger charge is -2.08. The van der Waals surface area contributed by atoms with Crippen LogP contribution in [0.5, 0.6) is 0 Å². The van der Waals surface area contributed by atoms with E-state index in [1.807, 2.05) is 54.6 Å². The van der Waals surface area contributed by atoms with Crippen molar-refractivity contribution in [3.8, 4) is 11.6 Å². The lowest BCUT2D eigenvalue weighted by Crippen LogP contribution is -2.18. The number of carbonyl (C=O) groups is 1. The van der Waals surface area contributed by atoms with Crippen LogP contribution in [0.1, 0.15) is 15.9 Å². The molecule has 7 heteroatoms. The van der Waals surface area contributed by atoms with Crippen molar-refractivity contribution in [3.63, 3.8) is 0 Å². The van der Waals surface area contributed by atoms with Crippen LogP contribution in [-0.4, -0.2) is 20.7 Å². The van der Waals surface area contributed by atoms with Gasteiger partial charge in [-0.25, -0.2) is 0 Å². The highest BCUT2D eigenvalue weighted by Crippen LogP contribution is 2.21. The Morgan fingerprint density at radius 3 is 2.57 bits per heavy atom. The van der Waals surface area contributed by atoms with Gasteiger partial charge in [0.1, 0.15) is 0 Å². The fourth-order valence-electron chi connectivity index (χ4n) is 2.77. The third kappa shape index (κ3) is 3.97. The summed E-state index contributed by atoms with van der Waals surface area (Å²) in [6.45, 7) is 0.411. The summed E-state index contributed by atoms with van der Waals surface area (Å²) in [6, 6.07) is 20.5. The van der Waals surface area contributed by atoms with Crippen molar-refractivity contribution in [3.05, 3.63) is 89.1 Å². The van der Waals surface area contributed by atoms with E-state index in [9.17, 15) is 4.79 Å². The predicted molar refractivity (Wildman–Crippen MR) is 107 cm³/mol. The van der Waals surface area contributed by atoms with Crippen LogP contribution in [0.4, 0.5) is 5.95 Å². The second-order valence-electron chi connectivity index (χ2n) is 6.15. The van der Waals surface area contributed by atoms with Crippen molar-refractivity contribution in [1.82, 2.24) is 14.8 Å². The van der Waals surface area contributed by atoms with E-state index in [-0.39, 0.29) is 12.3 Å². The Bertz CT molecular complexity index is 1080. The molecule has 0 saturated heterocycles. The summed E-state index contributed by atoms with van der Waals surface area (Å²) < 4.78 is 6.65. The molecule has 0 spiro atoms. The first-order valence-electron chi connectivity index (χ1n) is 8.76. The molecule has 0 radical (unpaired) electrons. The predicted octanol–water partition coefficient (Wildman–Crippen LogP) is 4.69. The Kier molecular flexibility index (Phi) is 5.21. The molecular formula is C21H17ClN4O2. The Hall–Kier alpha value is -3.38. The highest BCUT2D eigenvalue weighted by atomic mass is 35.5. The van der Waals surface area contributed by atoms with Gasteiger partial charge in [0.05, 0.1) is 12.7 Å². The van der Waals surface area contributed by atoms with Gasteiger partial charge in [-0.3, -0.25) is 4.79 Å². The highest BCUT2D eigenvalue weighted by molar-refractivity contribution is 6.31. The fourth-order valence-corrected chi connectivity index (χ4v) is 2.97. The van der Waals surface area contributed by atoms with Gasteiger partial charge in [0.15, 0.2) is 5.76 Å². The molecular weight excluding hydrogens is 376 g/mol. The Morgan fingerprint density at radius 1 is 1.04 bits per heavy atom. The van der Waals surface area contributed by atoms with Crippen molar-refractivity contribution in [2.75, 3.05) is 5.32 Å². The maximum absolute atomic E-state index is 12.9. The minimum absolute atomic E-state index is 0.196. The second kappa shape index (κ2) is 8.10. The Balaban J connectivity index is 1.61. The van der Waals surface area contributed by atoms with Gasteiger partial charge in [-0.15, -0.1) is 5.10 Å². The van der Waals surface area contributed by atoms with Gasteiger partial charge in [-0.1, -0.05) is 60.1 Å². The zero-order valence-electron chi connectivity index (χ0n) is 14.9. The average molecular weight is 393 g/mol.